The van der Waals surface area contributed by atoms with Gasteiger partial charge in [-0.05, 0) is 0 Å². The number of ether oxygens (including phenoxy) is 2. The Bertz CT molecular complexity index is 236. The molecule has 0 radical (unpaired) electrons. The van der Waals surface area contributed by atoms with E-state index in [0.717, 1.165) is 11.5 Å². The van der Waals surface area contributed by atoms with Crippen LogP contribution in [0.15, 0.2) is 10.8 Å². The average molecular weight is 172 g/mol. The maximum absolute atomic E-state index is 5.22. The summed E-state index contributed by atoms with van der Waals surface area (Å²) in [6, 6.07) is 0. The summed E-state index contributed by atoms with van der Waals surface area (Å²) in [4.78, 5) is 0. The first-order valence-electron chi connectivity index (χ1n) is 2.75. The van der Waals surface area contributed by atoms with Crippen molar-refractivity contribution in [3.8, 4) is 11.5 Å². The van der Waals surface area contributed by atoms with Gasteiger partial charge in [-0.3, -0.25) is 0 Å². The standard InChI is InChI=1S/C6H4O2S2/c9-1-6-7-4-2-10-3-5(4)8-6/h1-3,6H. The zero-order valence-electron chi connectivity index (χ0n) is 4.94. The second-order valence-electron chi connectivity index (χ2n) is 1.84. The molecule has 0 N–H and O–H groups in total. The van der Waals surface area contributed by atoms with E-state index >= 15 is 0 Å². The molecule has 10 heavy (non-hydrogen) atoms. The van der Waals surface area contributed by atoms with Crippen LogP contribution in [0.4, 0.5) is 0 Å². The summed E-state index contributed by atoms with van der Waals surface area (Å²) in [6.45, 7) is 0. The molecule has 0 saturated heterocycles. The molecular formula is C6H4O2S2. The van der Waals surface area contributed by atoms with Crippen LogP contribution in [-0.2, 0) is 0 Å². The van der Waals surface area contributed by atoms with Crippen LogP contribution in [0, 0.1) is 0 Å². The summed E-state index contributed by atoms with van der Waals surface area (Å²) < 4.78 is 10.4. The molecule has 0 saturated carbocycles. The first kappa shape index (κ1) is 6.12. The third kappa shape index (κ3) is 0.803. The van der Waals surface area contributed by atoms with Crippen LogP contribution in [-0.4, -0.2) is 11.7 Å². The molecule has 0 amide bonds. The summed E-state index contributed by atoms with van der Waals surface area (Å²) in [7, 11) is 0. The Morgan fingerprint density at radius 2 is 2.00 bits per heavy atom. The van der Waals surface area contributed by atoms with E-state index in [9.17, 15) is 0 Å². The highest BCUT2D eigenvalue weighted by Crippen LogP contribution is 2.37. The van der Waals surface area contributed by atoms with Crippen molar-refractivity contribution < 1.29 is 9.47 Å². The number of thiocarbonyl (C=S) groups is 1. The van der Waals surface area contributed by atoms with E-state index in [-0.39, 0.29) is 6.29 Å². The van der Waals surface area contributed by atoms with E-state index in [2.05, 4.69) is 12.2 Å². The van der Waals surface area contributed by atoms with Crippen LogP contribution in [0.5, 0.6) is 11.5 Å². The fraction of sp³-hybridized carbons (Fsp3) is 0.167. The molecule has 2 rings (SSSR count). The third-order valence-corrected chi connectivity index (χ3v) is 2.11. The summed E-state index contributed by atoms with van der Waals surface area (Å²) in [6.07, 6.45) is -0.353. The van der Waals surface area contributed by atoms with Crippen molar-refractivity contribution in [2.45, 2.75) is 6.29 Å². The van der Waals surface area contributed by atoms with E-state index in [1.54, 1.807) is 11.3 Å². The lowest BCUT2D eigenvalue weighted by Crippen LogP contribution is -2.17. The normalized spacial score (nSPS) is 15.6. The number of hydrogen-bond acceptors (Lipinski definition) is 4. The number of rotatable bonds is 1. The monoisotopic (exact) mass is 172 g/mol. The second kappa shape index (κ2) is 2.21. The van der Waals surface area contributed by atoms with Gasteiger partial charge in [0.05, 0.1) is 5.37 Å². The molecule has 4 heteroatoms. The fourth-order valence-electron chi connectivity index (χ4n) is 0.775. The highest BCUT2D eigenvalue weighted by Gasteiger charge is 2.21. The van der Waals surface area contributed by atoms with Gasteiger partial charge in [-0.1, -0.05) is 12.2 Å². The zero-order valence-corrected chi connectivity index (χ0v) is 6.58. The van der Waals surface area contributed by atoms with Crippen molar-refractivity contribution in [2.75, 3.05) is 0 Å². The molecule has 1 aliphatic heterocycles. The van der Waals surface area contributed by atoms with Crippen LogP contribution < -0.4 is 9.47 Å². The molecule has 1 aromatic rings. The molecule has 2 nitrogen and oxygen atoms in total. The Morgan fingerprint density at radius 3 is 2.50 bits per heavy atom. The molecule has 0 aliphatic carbocycles. The molecule has 52 valence electrons. The number of hydrogen-bond donors (Lipinski definition) is 0. The minimum absolute atomic E-state index is 0.353. The van der Waals surface area contributed by atoms with Crippen LogP contribution in [0.3, 0.4) is 0 Å². The van der Waals surface area contributed by atoms with E-state index in [4.69, 9.17) is 9.47 Å². The lowest BCUT2D eigenvalue weighted by molar-refractivity contribution is 0.120. The Kier molecular flexibility index (Phi) is 1.35. The van der Waals surface area contributed by atoms with Crippen LogP contribution in [0.2, 0.25) is 0 Å². The van der Waals surface area contributed by atoms with Gasteiger partial charge in [0.2, 0.25) is 0 Å². The Labute approximate surface area is 67.4 Å². The molecule has 0 spiro atoms. The molecule has 0 atom stereocenters. The minimum Gasteiger partial charge on any atom is -0.446 e. The van der Waals surface area contributed by atoms with E-state index in [0.29, 0.717) is 0 Å². The molecule has 0 unspecified atom stereocenters. The molecule has 0 aromatic carbocycles. The summed E-state index contributed by atoms with van der Waals surface area (Å²) in [5, 5.41) is 5.26. The van der Waals surface area contributed by atoms with E-state index in [1.807, 2.05) is 10.8 Å². The van der Waals surface area contributed by atoms with Gasteiger partial charge in [-0.15, -0.1) is 11.3 Å². The Hall–Kier alpha value is -0.610. The van der Waals surface area contributed by atoms with Crippen LogP contribution in [0.1, 0.15) is 0 Å². The SMILES string of the molecule is S=CC1Oc2cscc2O1. The van der Waals surface area contributed by atoms with Crippen molar-refractivity contribution in [2.24, 2.45) is 0 Å². The Balaban J connectivity index is 2.28. The quantitative estimate of drug-likeness (QED) is 0.602. The van der Waals surface area contributed by atoms with Crippen LogP contribution >= 0.6 is 23.6 Å². The van der Waals surface area contributed by atoms with Gasteiger partial charge >= 0.3 is 0 Å². The topological polar surface area (TPSA) is 18.5 Å². The van der Waals surface area contributed by atoms with Gasteiger partial charge in [-0.25, -0.2) is 0 Å². The largest absolute Gasteiger partial charge is 0.446 e. The predicted octanol–water partition coefficient (Wildman–Crippen LogP) is 1.85. The van der Waals surface area contributed by atoms with E-state index in [1.165, 1.54) is 5.37 Å². The number of thiophene rings is 1. The van der Waals surface area contributed by atoms with Crippen molar-refractivity contribution >= 4 is 28.9 Å². The minimum atomic E-state index is -0.353. The summed E-state index contributed by atoms with van der Waals surface area (Å²) in [5.41, 5.74) is 0. The lowest BCUT2D eigenvalue weighted by Gasteiger charge is -2.01. The highest BCUT2D eigenvalue weighted by atomic mass is 32.1. The first-order valence-corrected chi connectivity index (χ1v) is 4.16. The zero-order chi connectivity index (χ0) is 6.97. The fourth-order valence-corrected chi connectivity index (χ4v) is 1.55. The van der Waals surface area contributed by atoms with Gasteiger partial charge < -0.3 is 9.47 Å². The summed E-state index contributed by atoms with van der Waals surface area (Å²) in [5.74, 6) is 1.60. The van der Waals surface area contributed by atoms with Gasteiger partial charge in [0.1, 0.15) is 0 Å². The van der Waals surface area contributed by atoms with Crippen molar-refractivity contribution in [3.63, 3.8) is 0 Å². The van der Waals surface area contributed by atoms with Crippen molar-refractivity contribution in [1.29, 1.82) is 0 Å². The first-order chi connectivity index (χ1) is 4.90. The molecule has 0 fully saturated rings. The molecule has 0 bridgehead atoms. The lowest BCUT2D eigenvalue weighted by atomic mass is 10.6. The smallest absolute Gasteiger partial charge is 0.271 e. The molecule has 1 aliphatic rings. The molecular weight excluding hydrogens is 168 g/mol. The Morgan fingerprint density at radius 1 is 1.40 bits per heavy atom. The highest BCUT2D eigenvalue weighted by molar-refractivity contribution is 7.79. The van der Waals surface area contributed by atoms with Gasteiger partial charge in [-0.2, -0.15) is 0 Å². The van der Waals surface area contributed by atoms with Gasteiger partial charge in [0.15, 0.2) is 11.5 Å². The van der Waals surface area contributed by atoms with E-state index < -0.39 is 0 Å². The average Bonchev–Trinajstić information content (AvgIpc) is 2.42. The van der Waals surface area contributed by atoms with Gasteiger partial charge in [0.25, 0.3) is 6.29 Å². The third-order valence-electron chi connectivity index (χ3n) is 1.19. The second-order valence-corrected chi connectivity index (χ2v) is 2.86. The number of fused-ring (bicyclic) bond motifs is 1. The van der Waals surface area contributed by atoms with Crippen molar-refractivity contribution in [1.82, 2.24) is 0 Å². The summed E-state index contributed by atoms with van der Waals surface area (Å²) >= 11 is 6.21. The maximum Gasteiger partial charge on any atom is 0.271 e. The van der Waals surface area contributed by atoms with Crippen molar-refractivity contribution in [3.05, 3.63) is 10.8 Å². The molecule has 2 heterocycles. The van der Waals surface area contributed by atoms with Gasteiger partial charge in [0, 0.05) is 10.8 Å². The molecule has 1 aromatic heterocycles. The van der Waals surface area contributed by atoms with Crippen LogP contribution in [0.25, 0.3) is 0 Å². The maximum atomic E-state index is 5.22. The predicted molar refractivity (Wildman–Crippen MR) is 43.0 cm³/mol.